The second-order valence-corrected chi connectivity index (χ2v) is 11.7. The number of piperidine rings is 1. The molecular formula is C33H41N5O2. The molecule has 2 fully saturated rings. The number of aromatic nitrogens is 2. The van der Waals surface area contributed by atoms with Crippen LogP contribution in [0.2, 0.25) is 0 Å². The zero-order valence-electron chi connectivity index (χ0n) is 23.6. The number of benzene rings is 2. The minimum absolute atomic E-state index is 0.0695. The van der Waals surface area contributed by atoms with Crippen LogP contribution in [0.5, 0.6) is 5.75 Å². The molecule has 210 valence electrons. The van der Waals surface area contributed by atoms with E-state index in [1.165, 1.54) is 44.1 Å². The molecule has 6 rings (SSSR count). The predicted octanol–water partition coefficient (Wildman–Crippen LogP) is 5.93. The largest absolute Gasteiger partial charge is 0.493 e. The Kier molecular flexibility index (Phi) is 8.28. The summed E-state index contributed by atoms with van der Waals surface area (Å²) in [6.45, 7) is 6.25. The van der Waals surface area contributed by atoms with Crippen LogP contribution in [0.25, 0.3) is 0 Å². The van der Waals surface area contributed by atoms with Gasteiger partial charge in [0.25, 0.3) is 0 Å². The van der Waals surface area contributed by atoms with Gasteiger partial charge in [-0.3, -0.25) is 4.79 Å². The first kappa shape index (κ1) is 26.8. The lowest BCUT2D eigenvalue weighted by molar-refractivity contribution is 0.0994. The molecule has 7 nitrogen and oxygen atoms in total. The molecule has 0 amide bonds. The fourth-order valence-electron chi connectivity index (χ4n) is 6.56. The van der Waals surface area contributed by atoms with Crippen molar-refractivity contribution >= 4 is 17.5 Å². The van der Waals surface area contributed by atoms with Crippen molar-refractivity contribution in [2.45, 2.75) is 64.0 Å². The van der Waals surface area contributed by atoms with Crippen molar-refractivity contribution in [1.29, 1.82) is 0 Å². The van der Waals surface area contributed by atoms with Crippen molar-refractivity contribution in [2.75, 3.05) is 43.0 Å². The number of nitrogens with zero attached hydrogens (tertiary/aromatic N) is 4. The summed E-state index contributed by atoms with van der Waals surface area (Å²) in [7, 11) is 0. The van der Waals surface area contributed by atoms with E-state index in [4.69, 9.17) is 9.72 Å². The van der Waals surface area contributed by atoms with E-state index in [9.17, 15) is 4.79 Å². The van der Waals surface area contributed by atoms with Gasteiger partial charge in [0.2, 0.25) is 5.95 Å². The van der Waals surface area contributed by atoms with E-state index in [1.54, 1.807) is 6.20 Å². The molecule has 2 aliphatic heterocycles. The molecule has 1 aromatic heterocycles. The highest BCUT2D eigenvalue weighted by atomic mass is 16.5. The molecule has 0 spiro atoms. The smallest absolute Gasteiger partial charge is 0.225 e. The number of hydrogen-bond acceptors (Lipinski definition) is 7. The van der Waals surface area contributed by atoms with Crippen molar-refractivity contribution in [3.8, 4) is 5.75 Å². The molecule has 3 aromatic rings. The number of rotatable bonds is 10. The summed E-state index contributed by atoms with van der Waals surface area (Å²) in [5.74, 6) is 2.93. The van der Waals surface area contributed by atoms with E-state index in [0.29, 0.717) is 25.0 Å². The third kappa shape index (κ3) is 6.30. The number of ether oxygens (including phenoxy) is 1. The normalized spacial score (nSPS) is 18.7. The number of anilines is 2. The number of fused-ring (bicyclic) bond motifs is 1. The van der Waals surface area contributed by atoms with Crippen LogP contribution in [0.15, 0.2) is 60.8 Å². The number of likely N-dealkylation sites (tertiary alicyclic amines) is 1. The number of carbonyl (C=O) groups is 1. The van der Waals surface area contributed by atoms with Crippen molar-refractivity contribution in [1.82, 2.24) is 14.9 Å². The van der Waals surface area contributed by atoms with E-state index in [0.717, 1.165) is 54.8 Å². The van der Waals surface area contributed by atoms with Gasteiger partial charge in [0.1, 0.15) is 11.6 Å². The maximum Gasteiger partial charge on any atom is 0.225 e. The van der Waals surface area contributed by atoms with E-state index < -0.39 is 0 Å². The molecule has 1 aliphatic carbocycles. The molecular weight excluding hydrogens is 498 g/mol. The fraction of sp³-hybridized carbons (Fsp3) is 0.485. The lowest BCUT2D eigenvalue weighted by atomic mass is 9.94. The van der Waals surface area contributed by atoms with Crippen LogP contribution in [-0.4, -0.2) is 59.5 Å². The summed E-state index contributed by atoms with van der Waals surface area (Å²) in [5.41, 5.74) is 3.05. The average molecular weight is 540 g/mol. The van der Waals surface area contributed by atoms with Gasteiger partial charge >= 0.3 is 0 Å². The molecule has 2 aromatic carbocycles. The highest BCUT2D eigenvalue weighted by Crippen LogP contribution is 2.30. The van der Waals surface area contributed by atoms with Crippen molar-refractivity contribution in [2.24, 2.45) is 5.92 Å². The van der Waals surface area contributed by atoms with Gasteiger partial charge < -0.3 is 19.9 Å². The molecule has 1 saturated heterocycles. The lowest BCUT2D eigenvalue weighted by Gasteiger charge is -2.38. The number of carbonyl (C=O) groups excluding carboxylic acids is 1. The van der Waals surface area contributed by atoms with Crippen LogP contribution < -0.4 is 15.0 Å². The topological polar surface area (TPSA) is 70.6 Å². The van der Waals surface area contributed by atoms with Gasteiger partial charge in [-0.2, -0.15) is 4.98 Å². The Morgan fingerprint density at radius 3 is 2.67 bits per heavy atom. The summed E-state index contributed by atoms with van der Waals surface area (Å²) in [4.78, 5) is 27.9. The minimum atomic E-state index is 0.0695. The quantitative estimate of drug-likeness (QED) is 0.320. The molecule has 3 aliphatic rings. The van der Waals surface area contributed by atoms with Crippen LogP contribution in [0.3, 0.4) is 0 Å². The van der Waals surface area contributed by atoms with Crippen molar-refractivity contribution in [3.05, 3.63) is 77.5 Å². The number of nitrogens with one attached hydrogen (secondary N) is 1. The molecule has 1 N–H and O–H groups in total. The minimum Gasteiger partial charge on any atom is -0.493 e. The Hall–Kier alpha value is -3.45. The van der Waals surface area contributed by atoms with E-state index >= 15 is 0 Å². The molecule has 0 bridgehead atoms. The lowest BCUT2D eigenvalue weighted by Crippen LogP contribution is -2.43. The first-order valence-electron chi connectivity index (χ1n) is 15.0. The Labute approximate surface area is 238 Å². The van der Waals surface area contributed by atoms with Gasteiger partial charge in [-0.25, -0.2) is 4.98 Å². The number of Topliss-reactive ketones (excluding diaryl/α,β-unsaturated/α-hetero) is 1. The molecule has 0 unspecified atom stereocenters. The summed E-state index contributed by atoms with van der Waals surface area (Å²) in [6.07, 6.45) is 10.5. The molecule has 7 heteroatoms. The maximum absolute atomic E-state index is 13.6. The van der Waals surface area contributed by atoms with Gasteiger partial charge in [0.15, 0.2) is 5.78 Å². The summed E-state index contributed by atoms with van der Waals surface area (Å²) < 4.78 is 5.66. The fourth-order valence-corrected chi connectivity index (χ4v) is 6.56. The summed E-state index contributed by atoms with van der Waals surface area (Å²) in [6, 6.07) is 19.0. The Balaban J connectivity index is 1.18. The molecule has 3 heterocycles. The average Bonchev–Trinajstić information content (AvgIpc) is 3.70. The zero-order valence-corrected chi connectivity index (χ0v) is 23.6. The Morgan fingerprint density at radius 1 is 1.07 bits per heavy atom. The van der Waals surface area contributed by atoms with Gasteiger partial charge in [-0.05, 0) is 87.0 Å². The van der Waals surface area contributed by atoms with E-state index in [1.807, 2.05) is 42.5 Å². The van der Waals surface area contributed by atoms with E-state index in [-0.39, 0.29) is 11.8 Å². The summed E-state index contributed by atoms with van der Waals surface area (Å²) >= 11 is 0. The highest BCUT2D eigenvalue weighted by molar-refractivity contribution is 5.99. The third-order valence-corrected chi connectivity index (χ3v) is 8.92. The zero-order chi connectivity index (χ0) is 27.3. The van der Waals surface area contributed by atoms with Crippen molar-refractivity contribution < 1.29 is 9.53 Å². The molecule has 0 radical (unpaired) electrons. The highest BCUT2D eigenvalue weighted by Gasteiger charge is 2.29. The Bertz CT molecular complexity index is 1290. The van der Waals surface area contributed by atoms with Gasteiger partial charge in [0.05, 0.1) is 19.2 Å². The van der Waals surface area contributed by atoms with Gasteiger partial charge in [-0.1, -0.05) is 43.2 Å². The number of ketones is 1. The van der Waals surface area contributed by atoms with Crippen LogP contribution in [0.4, 0.5) is 11.8 Å². The van der Waals surface area contributed by atoms with E-state index in [2.05, 4.69) is 39.2 Å². The standard InChI is InChI=1S/C33H41N5O2/c1-24(26-7-3-2-4-8-26)35-33-34-17-13-32(36-33)38(22-25-14-18-37(19-15-25)29-9-5-6-10-29)23-30(39)27-11-12-31-28(21-27)16-20-40-31/h2-4,7-8,11-13,17,21,24-25,29H,5-6,9-10,14-16,18-20,22-23H2,1H3,(H,34,35,36)/t24-/m0/s1. The SMILES string of the molecule is C[C@H](Nc1nccc(N(CC(=O)c2ccc3c(c2)CCO3)CC2CCN(C3CCCC3)CC2)n1)c1ccccc1. The first-order chi connectivity index (χ1) is 19.6. The summed E-state index contributed by atoms with van der Waals surface area (Å²) in [5, 5.41) is 3.45. The van der Waals surface area contributed by atoms with Crippen LogP contribution >= 0.6 is 0 Å². The Morgan fingerprint density at radius 2 is 1.88 bits per heavy atom. The van der Waals surface area contributed by atoms with Crippen LogP contribution in [-0.2, 0) is 6.42 Å². The van der Waals surface area contributed by atoms with Crippen molar-refractivity contribution in [3.63, 3.8) is 0 Å². The van der Waals surface area contributed by atoms with Gasteiger partial charge in [-0.15, -0.1) is 0 Å². The first-order valence-corrected chi connectivity index (χ1v) is 15.0. The second kappa shape index (κ2) is 12.4. The third-order valence-electron chi connectivity index (χ3n) is 8.92. The predicted molar refractivity (Wildman–Crippen MR) is 159 cm³/mol. The molecule has 1 atom stereocenters. The van der Waals surface area contributed by atoms with Crippen LogP contribution in [0.1, 0.15) is 73.0 Å². The second-order valence-electron chi connectivity index (χ2n) is 11.7. The molecule has 1 saturated carbocycles. The monoisotopic (exact) mass is 539 g/mol. The van der Waals surface area contributed by atoms with Crippen LogP contribution in [0, 0.1) is 5.92 Å². The van der Waals surface area contributed by atoms with Gasteiger partial charge in [0, 0.05) is 30.8 Å². The molecule has 40 heavy (non-hydrogen) atoms. The number of hydrogen-bond donors (Lipinski definition) is 1. The maximum atomic E-state index is 13.6.